The number of rotatable bonds is 2. The van der Waals surface area contributed by atoms with E-state index >= 15 is 0 Å². The molecule has 1 N–H and O–H groups in total. The quantitative estimate of drug-likeness (QED) is 0.619. The minimum atomic E-state index is -0.557. The van der Waals surface area contributed by atoms with E-state index in [1.807, 2.05) is 19.1 Å². The molecule has 6 atom stereocenters. The van der Waals surface area contributed by atoms with E-state index in [1.54, 1.807) is 12.2 Å². The van der Waals surface area contributed by atoms with Crippen molar-refractivity contribution < 1.29 is 19.5 Å². The maximum absolute atomic E-state index is 12.1. The van der Waals surface area contributed by atoms with Crippen LogP contribution in [0.1, 0.15) is 39.5 Å². The number of aliphatic hydroxyl groups is 1. The van der Waals surface area contributed by atoms with Gasteiger partial charge in [0, 0.05) is 22.3 Å². The molecule has 4 aliphatic carbocycles. The summed E-state index contributed by atoms with van der Waals surface area (Å²) in [5.74, 6) is 0.184. The predicted octanol–water partition coefficient (Wildman–Crippen LogP) is 2.57. The summed E-state index contributed by atoms with van der Waals surface area (Å²) in [4.78, 5) is 34.9. The third kappa shape index (κ3) is 2.13. The third-order valence-corrected chi connectivity index (χ3v) is 7.45. The number of ketones is 2. The van der Waals surface area contributed by atoms with Crippen molar-refractivity contribution in [1.29, 1.82) is 0 Å². The van der Waals surface area contributed by atoms with Gasteiger partial charge in [-0.15, -0.1) is 0 Å². The van der Waals surface area contributed by atoms with Crippen molar-refractivity contribution in [2.24, 2.45) is 28.6 Å². The molecule has 25 heavy (non-hydrogen) atoms. The molecule has 0 aromatic rings. The first-order chi connectivity index (χ1) is 11.8. The molecule has 4 nitrogen and oxygen atoms in total. The number of aliphatic hydroxyl groups excluding tert-OH is 1. The van der Waals surface area contributed by atoms with Crippen LogP contribution in [0.25, 0.3) is 0 Å². The second-order valence-electron chi connectivity index (χ2n) is 8.55. The molecule has 132 valence electrons. The summed E-state index contributed by atoms with van der Waals surface area (Å²) in [6.45, 7) is 4.16. The number of allylic oxidation sites excluding steroid dienone is 6. The highest BCUT2D eigenvalue weighted by atomic mass is 16.3. The van der Waals surface area contributed by atoms with Crippen LogP contribution < -0.4 is 0 Å². The summed E-state index contributed by atoms with van der Waals surface area (Å²) in [6, 6.07) is 0. The lowest BCUT2D eigenvalue weighted by Gasteiger charge is -2.58. The van der Waals surface area contributed by atoms with Gasteiger partial charge in [0.2, 0.25) is 5.78 Å². The maximum Gasteiger partial charge on any atom is 0.221 e. The molecule has 0 spiro atoms. The largest absolute Gasteiger partial charge is 0.393 e. The van der Waals surface area contributed by atoms with Crippen molar-refractivity contribution in [2.75, 3.05) is 0 Å². The zero-order chi connectivity index (χ0) is 18.0. The molecule has 0 aromatic carbocycles. The van der Waals surface area contributed by atoms with Crippen molar-refractivity contribution in [3.8, 4) is 0 Å². The van der Waals surface area contributed by atoms with Gasteiger partial charge in [-0.2, -0.15) is 0 Å². The fraction of sp³-hybridized carbons (Fsp3) is 0.571. The summed E-state index contributed by atoms with van der Waals surface area (Å²) in [5.41, 5.74) is 0.990. The summed E-state index contributed by atoms with van der Waals surface area (Å²) < 4.78 is 0. The molecule has 0 heterocycles. The van der Waals surface area contributed by atoms with Crippen LogP contribution in [-0.2, 0) is 14.4 Å². The minimum Gasteiger partial charge on any atom is -0.393 e. The lowest BCUT2D eigenvalue weighted by atomic mass is 9.47. The van der Waals surface area contributed by atoms with Gasteiger partial charge in [0.15, 0.2) is 12.1 Å². The maximum atomic E-state index is 12.1. The Labute approximate surface area is 147 Å². The van der Waals surface area contributed by atoms with E-state index in [4.69, 9.17) is 0 Å². The Hall–Kier alpha value is -1.81. The highest BCUT2D eigenvalue weighted by Gasteiger charge is 2.60. The van der Waals surface area contributed by atoms with E-state index < -0.39 is 17.3 Å². The molecule has 0 amide bonds. The van der Waals surface area contributed by atoms with Gasteiger partial charge >= 0.3 is 0 Å². The third-order valence-electron chi connectivity index (χ3n) is 7.45. The number of carbonyl (C=O) groups is 3. The normalized spacial score (nSPS) is 45.0. The average Bonchev–Trinajstić information content (AvgIpc) is 2.91. The Bertz CT molecular complexity index is 758. The highest BCUT2D eigenvalue weighted by molar-refractivity contribution is 6.33. The van der Waals surface area contributed by atoms with E-state index in [0.717, 1.165) is 24.8 Å². The number of hydrogen-bond donors (Lipinski definition) is 1. The van der Waals surface area contributed by atoms with Crippen LogP contribution in [0.2, 0.25) is 0 Å². The van der Waals surface area contributed by atoms with Gasteiger partial charge in [-0.3, -0.25) is 14.4 Å². The lowest BCUT2D eigenvalue weighted by Crippen LogP contribution is -2.55. The second kappa shape index (κ2) is 5.34. The van der Waals surface area contributed by atoms with Crippen LogP contribution in [0.5, 0.6) is 0 Å². The summed E-state index contributed by atoms with van der Waals surface area (Å²) in [7, 11) is 0. The number of carbonyl (C=O) groups excluding carboxylic acids is 3. The molecule has 2 fully saturated rings. The second-order valence-corrected chi connectivity index (χ2v) is 8.55. The van der Waals surface area contributed by atoms with Crippen LogP contribution in [0, 0.1) is 28.6 Å². The van der Waals surface area contributed by atoms with Crippen molar-refractivity contribution in [1.82, 2.24) is 0 Å². The lowest BCUT2D eigenvalue weighted by molar-refractivity contribution is -0.130. The first kappa shape index (κ1) is 16.6. The smallest absolute Gasteiger partial charge is 0.221 e. The zero-order valence-electron chi connectivity index (χ0n) is 14.7. The average molecular weight is 340 g/mol. The monoisotopic (exact) mass is 340 g/mol. The minimum absolute atomic E-state index is 0.0301. The van der Waals surface area contributed by atoms with Gasteiger partial charge in [0.05, 0.1) is 6.10 Å². The van der Waals surface area contributed by atoms with E-state index in [0.29, 0.717) is 18.3 Å². The van der Waals surface area contributed by atoms with Crippen molar-refractivity contribution in [3.63, 3.8) is 0 Å². The van der Waals surface area contributed by atoms with Gasteiger partial charge in [0.25, 0.3) is 0 Å². The Kier molecular flexibility index (Phi) is 3.56. The van der Waals surface area contributed by atoms with Crippen molar-refractivity contribution >= 4 is 17.9 Å². The molecule has 0 aliphatic heterocycles. The van der Waals surface area contributed by atoms with Crippen LogP contribution in [0.15, 0.2) is 35.5 Å². The molecule has 0 aromatic heterocycles. The van der Waals surface area contributed by atoms with Gasteiger partial charge in [-0.1, -0.05) is 31.6 Å². The Balaban J connectivity index is 1.73. The number of fused-ring (bicyclic) bond motifs is 5. The molecule has 4 aliphatic rings. The first-order valence-corrected chi connectivity index (χ1v) is 9.13. The molecule has 1 unspecified atom stereocenters. The molecule has 2 saturated carbocycles. The van der Waals surface area contributed by atoms with E-state index in [1.165, 1.54) is 0 Å². The Morgan fingerprint density at radius 2 is 2.12 bits per heavy atom. The molecular weight excluding hydrogens is 316 g/mol. The summed E-state index contributed by atoms with van der Waals surface area (Å²) in [5, 5.41) is 11.1. The fourth-order valence-electron chi connectivity index (χ4n) is 6.34. The van der Waals surface area contributed by atoms with Gasteiger partial charge < -0.3 is 5.11 Å². The first-order valence-electron chi connectivity index (χ1n) is 9.13. The SMILES string of the molecule is C[C@]12C=CC(=O)C=C1CC[C@@H]1C2[C@@H](O)C[C@]2(C)C(C(=O)C=O)=CC[C@@H]12. The van der Waals surface area contributed by atoms with Crippen LogP contribution >= 0.6 is 0 Å². The predicted molar refractivity (Wildman–Crippen MR) is 92.5 cm³/mol. The summed E-state index contributed by atoms with van der Waals surface area (Å²) in [6.07, 6.45) is 10.2. The summed E-state index contributed by atoms with van der Waals surface area (Å²) >= 11 is 0. The van der Waals surface area contributed by atoms with E-state index in [9.17, 15) is 19.5 Å². The highest BCUT2D eigenvalue weighted by Crippen LogP contribution is 2.64. The van der Waals surface area contributed by atoms with Crippen molar-refractivity contribution in [2.45, 2.75) is 45.6 Å². The van der Waals surface area contributed by atoms with E-state index in [-0.39, 0.29) is 29.0 Å². The van der Waals surface area contributed by atoms with Crippen molar-refractivity contribution in [3.05, 3.63) is 35.5 Å². The van der Waals surface area contributed by atoms with Gasteiger partial charge in [0.1, 0.15) is 0 Å². The van der Waals surface area contributed by atoms with Gasteiger partial charge in [-0.05, 0) is 49.7 Å². The number of hydrogen-bond acceptors (Lipinski definition) is 4. The Morgan fingerprint density at radius 1 is 1.36 bits per heavy atom. The zero-order valence-corrected chi connectivity index (χ0v) is 14.7. The molecule has 4 heteroatoms. The molecule has 4 rings (SSSR count). The standard InChI is InChI=1S/C21H24O4/c1-20-8-7-13(23)9-12(20)3-4-14-15-5-6-16(18(25)11-22)21(15,2)10-17(24)19(14)20/h6-9,11,14-15,17,19,24H,3-5,10H2,1-2H3/t14-,15-,17-,19?,20-,21-/m0/s1. The molecule has 0 bridgehead atoms. The molecular formula is C21H24O4. The molecule has 0 radical (unpaired) electrons. The topological polar surface area (TPSA) is 71.4 Å². The van der Waals surface area contributed by atoms with Gasteiger partial charge in [-0.25, -0.2) is 0 Å². The fourth-order valence-corrected chi connectivity index (χ4v) is 6.34. The van der Waals surface area contributed by atoms with Crippen LogP contribution in [0.3, 0.4) is 0 Å². The Morgan fingerprint density at radius 3 is 2.84 bits per heavy atom. The molecule has 0 saturated heterocycles. The van der Waals surface area contributed by atoms with E-state index in [2.05, 4.69) is 6.92 Å². The van der Waals surface area contributed by atoms with Crippen LogP contribution in [-0.4, -0.2) is 29.1 Å². The number of Topliss-reactive ketones (excluding diaryl/α,β-unsaturated/α-hetero) is 1. The number of aldehydes is 1. The van der Waals surface area contributed by atoms with Crippen LogP contribution in [0.4, 0.5) is 0 Å².